The predicted octanol–water partition coefficient (Wildman–Crippen LogP) is 2.93. The van der Waals surface area contributed by atoms with Crippen LogP contribution in [0.1, 0.15) is 12.5 Å². The van der Waals surface area contributed by atoms with E-state index in [1.807, 2.05) is 30.3 Å². The highest BCUT2D eigenvalue weighted by Crippen LogP contribution is 2.13. The van der Waals surface area contributed by atoms with Gasteiger partial charge in [-0.15, -0.1) is 0 Å². The van der Waals surface area contributed by atoms with Crippen LogP contribution in [0.5, 0.6) is 5.75 Å². The quantitative estimate of drug-likeness (QED) is 0.548. The van der Waals surface area contributed by atoms with Crippen LogP contribution in [-0.4, -0.2) is 28.0 Å². The second kappa shape index (κ2) is 8.06. The average Bonchev–Trinajstić information content (AvgIpc) is 3.13. The highest BCUT2D eigenvalue weighted by molar-refractivity contribution is 5.84. The van der Waals surface area contributed by atoms with Crippen LogP contribution < -0.4 is 10.2 Å². The van der Waals surface area contributed by atoms with Gasteiger partial charge in [0.25, 0.3) is 5.91 Å². The molecule has 0 bridgehead atoms. The Hall–Kier alpha value is -3.48. The van der Waals surface area contributed by atoms with Crippen molar-refractivity contribution < 1.29 is 13.9 Å². The zero-order valence-corrected chi connectivity index (χ0v) is 14.0. The molecule has 1 amide bonds. The molecule has 2 aromatic carbocycles. The van der Waals surface area contributed by atoms with Crippen LogP contribution in [0.25, 0.3) is 5.69 Å². The number of aromatic nitrogens is 2. The normalized spacial score (nSPS) is 12.1. The Labute approximate surface area is 149 Å². The summed E-state index contributed by atoms with van der Waals surface area (Å²) < 4.78 is 20.0. The lowest BCUT2D eigenvalue weighted by Gasteiger charge is -2.12. The number of halogens is 1. The van der Waals surface area contributed by atoms with Crippen LogP contribution in [0.15, 0.2) is 72.1 Å². The number of hydrogen-bond acceptors (Lipinski definition) is 4. The molecule has 0 aliphatic carbocycles. The van der Waals surface area contributed by atoms with E-state index < -0.39 is 12.0 Å². The fourth-order valence-corrected chi connectivity index (χ4v) is 2.16. The topological polar surface area (TPSA) is 68.5 Å². The standard InChI is InChI=1S/C19H17FN4O2/c1-14(26-18-9-7-16(20)8-10-18)19(25)23-21-11-15-12-22-24(13-15)17-5-3-2-4-6-17/h2-14H,1H3,(H,23,25)/b21-11-/t14-/m1/s1. The summed E-state index contributed by atoms with van der Waals surface area (Å²) in [4.78, 5) is 12.0. The molecule has 3 rings (SSSR count). The Morgan fingerprint density at radius 1 is 1.23 bits per heavy atom. The molecule has 0 spiro atoms. The highest BCUT2D eigenvalue weighted by atomic mass is 19.1. The van der Waals surface area contributed by atoms with E-state index in [-0.39, 0.29) is 5.82 Å². The SMILES string of the molecule is C[C@@H](Oc1ccc(F)cc1)C(=O)N/N=C\c1cnn(-c2ccccc2)c1. The van der Waals surface area contributed by atoms with Gasteiger partial charge in [0.1, 0.15) is 11.6 Å². The van der Waals surface area contributed by atoms with Crippen LogP contribution in [0.2, 0.25) is 0 Å². The van der Waals surface area contributed by atoms with Crippen molar-refractivity contribution in [3.63, 3.8) is 0 Å². The molecule has 1 atom stereocenters. The third-order valence-corrected chi connectivity index (χ3v) is 3.51. The van der Waals surface area contributed by atoms with E-state index in [0.717, 1.165) is 11.3 Å². The minimum absolute atomic E-state index is 0.366. The number of hydrazone groups is 1. The summed E-state index contributed by atoms with van der Waals surface area (Å²) in [5.41, 5.74) is 4.07. The highest BCUT2D eigenvalue weighted by Gasteiger charge is 2.13. The molecule has 0 aliphatic heterocycles. The maximum atomic E-state index is 12.9. The molecular formula is C19H17FN4O2. The Morgan fingerprint density at radius 3 is 2.69 bits per heavy atom. The van der Waals surface area contributed by atoms with Crippen LogP contribution >= 0.6 is 0 Å². The molecule has 0 radical (unpaired) electrons. The third-order valence-electron chi connectivity index (χ3n) is 3.51. The van der Waals surface area contributed by atoms with Crippen LogP contribution in [0.3, 0.4) is 0 Å². The lowest BCUT2D eigenvalue weighted by Crippen LogP contribution is -2.33. The van der Waals surface area contributed by atoms with Crippen LogP contribution in [0.4, 0.5) is 4.39 Å². The van der Waals surface area contributed by atoms with Crippen molar-refractivity contribution in [1.82, 2.24) is 15.2 Å². The molecule has 26 heavy (non-hydrogen) atoms. The molecule has 0 unspecified atom stereocenters. The van der Waals surface area contributed by atoms with Gasteiger partial charge in [-0.3, -0.25) is 4.79 Å². The summed E-state index contributed by atoms with van der Waals surface area (Å²) >= 11 is 0. The van der Waals surface area contributed by atoms with Gasteiger partial charge in [-0.25, -0.2) is 14.5 Å². The van der Waals surface area contributed by atoms with Gasteiger partial charge in [-0.1, -0.05) is 18.2 Å². The first-order valence-corrected chi connectivity index (χ1v) is 7.97. The van der Waals surface area contributed by atoms with Gasteiger partial charge < -0.3 is 4.74 Å². The van der Waals surface area contributed by atoms with E-state index in [1.54, 1.807) is 24.0 Å². The number of carbonyl (C=O) groups is 1. The van der Waals surface area contributed by atoms with Crippen molar-refractivity contribution in [3.05, 3.63) is 78.4 Å². The first kappa shape index (κ1) is 17.3. The summed E-state index contributed by atoms with van der Waals surface area (Å²) in [5.74, 6) is -0.377. The number of benzene rings is 2. The lowest BCUT2D eigenvalue weighted by atomic mass is 10.3. The van der Waals surface area contributed by atoms with E-state index in [1.165, 1.54) is 30.5 Å². The zero-order valence-electron chi connectivity index (χ0n) is 14.0. The number of hydrogen-bond donors (Lipinski definition) is 1. The molecule has 6 nitrogen and oxygen atoms in total. The Morgan fingerprint density at radius 2 is 1.96 bits per heavy atom. The number of para-hydroxylation sites is 1. The molecule has 132 valence electrons. The van der Waals surface area contributed by atoms with Gasteiger partial charge in [0.2, 0.25) is 0 Å². The van der Waals surface area contributed by atoms with Gasteiger partial charge in [0.15, 0.2) is 6.10 Å². The lowest BCUT2D eigenvalue weighted by molar-refractivity contribution is -0.127. The van der Waals surface area contributed by atoms with Gasteiger partial charge in [-0.05, 0) is 43.3 Å². The summed E-state index contributed by atoms with van der Waals surface area (Å²) in [7, 11) is 0. The number of ether oxygens (including phenoxy) is 1. The molecule has 0 fully saturated rings. The third kappa shape index (κ3) is 4.54. The molecule has 1 heterocycles. The largest absolute Gasteiger partial charge is 0.481 e. The van der Waals surface area contributed by atoms with Gasteiger partial charge in [0, 0.05) is 11.8 Å². The molecule has 0 aliphatic rings. The van der Waals surface area contributed by atoms with Crippen molar-refractivity contribution in [2.24, 2.45) is 5.10 Å². The number of nitrogens with zero attached hydrogens (tertiary/aromatic N) is 3. The van der Waals surface area contributed by atoms with E-state index in [9.17, 15) is 9.18 Å². The van der Waals surface area contributed by atoms with Gasteiger partial charge >= 0.3 is 0 Å². The number of amides is 1. The van der Waals surface area contributed by atoms with Gasteiger partial charge in [0.05, 0.1) is 18.1 Å². The summed E-state index contributed by atoms with van der Waals surface area (Å²) in [5, 5.41) is 8.15. The molecule has 3 aromatic rings. The van der Waals surface area contributed by atoms with Crippen LogP contribution in [-0.2, 0) is 4.79 Å². The second-order valence-corrected chi connectivity index (χ2v) is 5.50. The predicted molar refractivity (Wildman–Crippen MR) is 95.8 cm³/mol. The Kier molecular flexibility index (Phi) is 5.38. The van der Waals surface area contributed by atoms with Crippen molar-refractivity contribution in [2.75, 3.05) is 0 Å². The molecule has 0 saturated heterocycles. The van der Waals surface area contributed by atoms with E-state index in [0.29, 0.717) is 5.75 Å². The van der Waals surface area contributed by atoms with E-state index in [4.69, 9.17) is 4.74 Å². The van der Waals surface area contributed by atoms with Crippen molar-refractivity contribution in [2.45, 2.75) is 13.0 Å². The maximum Gasteiger partial charge on any atom is 0.280 e. The first-order valence-electron chi connectivity index (χ1n) is 7.97. The summed E-state index contributed by atoms with van der Waals surface area (Å²) in [6.45, 7) is 1.58. The average molecular weight is 352 g/mol. The number of carbonyl (C=O) groups excluding carboxylic acids is 1. The summed E-state index contributed by atoms with van der Waals surface area (Å²) in [6.07, 6.45) is 4.16. The van der Waals surface area contributed by atoms with Crippen molar-refractivity contribution in [1.29, 1.82) is 0 Å². The summed E-state index contributed by atoms with van der Waals surface area (Å²) in [6, 6.07) is 15.1. The smallest absolute Gasteiger partial charge is 0.280 e. The van der Waals surface area contributed by atoms with E-state index in [2.05, 4.69) is 15.6 Å². The minimum Gasteiger partial charge on any atom is -0.481 e. The molecular weight excluding hydrogens is 335 g/mol. The second-order valence-electron chi connectivity index (χ2n) is 5.50. The molecule has 7 heteroatoms. The van der Waals surface area contributed by atoms with E-state index >= 15 is 0 Å². The number of rotatable bonds is 6. The maximum absolute atomic E-state index is 12.9. The van der Waals surface area contributed by atoms with Crippen LogP contribution in [0, 0.1) is 5.82 Å². The van der Waals surface area contributed by atoms with Crippen molar-refractivity contribution in [3.8, 4) is 11.4 Å². The van der Waals surface area contributed by atoms with Gasteiger partial charge in [-0.2, -0.15) is 10.2 Å². The molecule has 1 N–H and O–H groups in total. The molecule has 1 aromatic heterocycles. The fraction of sp³-hybridized carbons (Fsp3) is 0.105. The zero-order chi connectivity index (χ0) is 18.4. The minimum atomic E-state index is -0.773. The fourth-order valence-electron chi connectivity index (χ4n) is 2.16. The Bertz CT molecular complexity index is 891. The number of nitrogens with one attached hydrogen (secondary N) is 1. The Balaban J connectivity index is 1.54. The monoisotopic (exact) mass is 352 g/mol. The molecule has 0 saturated carbocycles. The first-order chi connectivity index (χ1) is 12.6. The van der Waals surface area contributed by atoms with Crippen molar-refractivity contribution >= 4 is 12.1 Å².